The van der Waals surface area contributed by atoms with Gasteiger partial charge >= 0.3 is 0 Å². The lowest BCUT2D eigenvalue weighted by Gasteiger charge is -2.36. The number of nitrogens with one attached hydrogen (secondary N) is 1. The Morgan fingerprint density at radius 1 is 1.17 bits per heavy atom. The van der Waals surface area contributed by atoms with Crippen molar-refractivity contribution in [3.63, 3.8) is 0 Å². The van der Waals surface area contributed by atoms with Crippen LogP contribution in [0.5, 0.6) is 0 Å². The largest absolute Gasteiger partial charge is 0.413 e. The summed E-state index contributed by atoms with van der Waals surface area (Å²) < 4.78 is 6.32. The summed E-state index contributed by atoms with van der Waals surface area (Å²) in [5, 5.41) is 4.52. The number of benzene rings is 1. The van der Waals surface area contributed by atoms with Gasteiger partial charge in [-0.2, -0.15) is 0 Å². The zero-order valence-corrected chi connectivity index (χ0v) is 16.1. The molecule has 1 aromatic carbocycles. The minimum absolute atomic E-state index is 0.226. The lowest BCUT2D eigenvalue weighted by Crippen LogP contribution is -2.40. The summed E-state index contributed by atoms with van der Waals surface area (Å²) in [5.41, 5.74) is 2.27. The third kappa shape index (κ3) is 3.44. The topological polar surface area (TPSA) is 47.0 Å². The van der Waals surface area contributed by atoms with Crippen molar-refractivity contribution < 1.29 is 4.43 Å². The van der Waals surface area contributed by atoms with E-state index < -0.39 is 8.32 Å². The fourth-order valence-corrected chi connectivity index (χ4v) is 3.89. The molecule has 0 spiro atoms. The predicted octanol–water partition coefficient (Wildman–Crippen LogP) is 5.21. The molecule has 1 N–H and O–H groups in total. The molecule has 1 aliphatic heterocycles. The van der Waals surface area contributed by atoms with Crippen LogP contribution < -0.4 is 5.32 Å². The van der Waals surface area contributed by atoms with Gasteiger partial charge in [0, 0.05) is 17.3 Å². The first-order valence-corrected chi connectivity index (χ1v) is 11.5. The van der Waals surface area contributed by atoms with Crippen molar-refractivity contribution in [2.24, 2.45) is 0 Å². The molecule has 0 amide bonds. The highest BCUT2D eigenvalue weighted by atomic mass is 32.2. The normalized spacial score (nSPS) is 14.0. The highest BCUT2D eigenvalue weighted by molar-refractivity contribution is 7.99. The monoisotopic (exact) mass is 345 g/mol. The molecule has 6 heteroatoms. The van der Waals surface area contributed by atoms with Crippen LogP contribution in [0.4, 0.5) is 11.5 Å². The number of anilines is 2. The molecule has 23 heavy (non-hydrogen) atoms. The van der Waals surface area contributed by atoms with Crippen molar-refractivity contribution in [1.82, 2.24) is 9.97 Å². The van der Waals surface area contributed by atoms with Crippen LogP contribution in [0.3, 0.4) is 0 Å². The van der Waals surface area contributed by atoms with E-state index in [1.807, 2.05) is 0 Å². The van der Waals surface area contributed by atoms with E-state index in [9.17, 15) is 0 Å². The molecule has 0 radical (unpaired) electrons. The highest BCUT2D eigenvalue weighted by Crippen LogP contribution is 2.42. The maximum atomic E-state index is 6.32. The van der Waals surface area contributed by atoms with E-state index in [1.165, 1.54) is 10.5 Å². The number of fused-ring (bicyclic) bond motifs is 2. The Hall–Kier alpha value is -1.37. The maximum Gasteiger partial charge on any atom is 0.192 e. The Bertz CT molecular complexity index is 728. The van der Waals surface area contributed by atoms with E-state index >= 15 is 0 Å². The van der Waals surface area contributed by atoms with Gasteiger partial charge in [0.2, 0.25) is 0 Å². The molecule has 0 aliphatic carbocycles. The summed E-state index contributed by atoms with van der Waals surface area (Å²) in [5.74, 6) is 0.826. The molecule has 0 atom stereocenters. The predicted molar refractivity (Wildman–Crippen MR) is 97.9 cm³/mol. The van der Waals surface area contributed by atoms with Gasteiger partial charge in [-0.05, 0) is 35.8 Å². The molecule has 1 aliphatic rings. The van der Waals surface area contributed by atoms with E-state index in [-0.39, 0.29) is 5.04 Å². The lowest BCUT2D eigenvalue weighted by molar-refractivity contribution is 0.276. The highest BCUT2D eigenvalue weighted by Gasteiger charge is 2.37. The second-order valence-corrected chi connectivity index (χ2v) is 13.2. The Balaban J connectivity index is 1.76. The number of rotatable bonds is 3. The van der Waals surface area contributed by atoms with Gasteiger partial charge in [-0.3, -0.25) is 0 Å². The summed E-state index contributed by atoms with van der Waals surface area (Å²) in [6, 6.07) is 6.43. The number of nitrogens with zero attached hydrogens (tertiary/aromatic N) is 2. The fraction of sp³-hybridized carbons (Fsp3) is 0.412. The Morgan fingerprint density at radius 3 is 2.65 bits per heavy atom. The standard InChI is InChI=1S/C17H23N3OSSi/c1-17(2,3)23(4,5)21-11-12-6-7-14-13(10-12)20-15-16(22-14)19-9-8-18-15/h6-10H,11H2,1-5H3,(H,18,20). The minimum atomic E-state index is -1.73. The smallest absolute Gasteiger partial charge is 0.192 e. The SMILES string of the molecule is CC(C)(C)[Si](C)(C)OCc1ccc2c(c1)Nc1nccnc1S2. The van der Waals surface area contributed by atoms with E-state index in [0.29, 0.717) is 6.61 Å². The first-order chi connectivity index (χ1) is 10.8. The van der Waals surface area contributed by atoms with Gasteiger partial charge in [-0.15, -0.1) is 0 Å². The lowest BCUT2D eigenvalue weighted by atomic mass is 10.2. The van der Waals surface area contributed by atoms with E-state index in [0.717, 1.165) is 16.5 Å². The van der Waals surface area contributed by atoms with Crippen LogP contribution in [-0.4, -0.2) is 18.3 Å². The third-order valence-electron chi connectivity index (χ3n) is 4.57. The average Bonchev–Trinajstić information content (AvgIpc) is 2.49. The molecule has 0 fully saturated rings. The van der Waals surface area contributed by atoms with Crippen molar-refractivity contribution in [1.29, 1.82) is 0 Å². The van der Waals surface area contributed by atoms with Crippen molar-refractivity contribution >= 4 is 31.6 Å². The zero-order chi connectivity index (χ0) is 16.7. The molecule has 4 nitrogen and oxygen atoms in total. The molecule has 0 bridgehead atoms. The number of aromatic nitrogens is 2. The van der Waals surface area contributed by atoms with E-state index in [4.69, 9.17) is 4.43 Å². The maximum absolute atomic E-state index is 6.32. The van der Waals surface area contributed by atoms with Crippen LogP contribution in [0.15, 0.2) is 40.5 Å². The molecule has 2 heterocycles. The van der Waals surface area contributed by atoms with E-state index in [2.05, 4.69) is 67.3 Å². The second kappa shape index (κ2) is 5.92. The first kappa shape index (κ1) is 16.5. The van der Waals surface area contributed by atoms with Gasteiger partial charge in [0.05, 0.1) is 12.3 Å². The second-order valence-electron chi connectivity index (χ2n) is 7.32. The van der Waals surface area contributed by atoms with Crippen molar-refractivity contribution in [3.8, 4) is 0 Å². The van der Waals surface area contributed by atoms with Gasteiger partial charge in [0.25, 0.3) is 0 Å². The molecule has 122 valence electrons. The quantitative estimate of drug-likeness (QED) is 0.661. The summed E-state index contributed by atoms with van der Waals surface area (Å²) in [7, 11) is -1.73. The molecule has 1 aromatic heterocycles. The Labute approximate surface area is 143 Å². The van der Waals surface area contributed by atoms with Gasteiger partial charge in [0.1, 0.15) is 5.03 Å². The molecular weight excluding hydrogens is 322 g/mol. The van der Waals surface area contributed by atoms with Gasteiger partial charge < -0.3 is 9.74 Å². The summed E-state index contributed by atoms with van der Waals surface area (Å²) in [6.07, 6.45) is 3.43. The Morgan fingerprint density at radius 2 is 1.91 bits per heavy atom. The first-order valence-electron chi connectivity index (χ1n) is 7.79. The fourth-order valence-electron chi connectivity index (χ4n) is 2.05. The van der Waals surface area contributed by atoms with E-state index in [1.54, 1.807) is 24.2 Å². The average molecular weight is 346 g/mol. The number of hydrogen-bond acceptors (Lipinski definition) is 5. The molecule has 2 aromatic rings. The van der Waals surface area contributed by atoms with Crippen LogP contribution in [0, 0.1) is 0 Å². The molecule has 0 saturated carbocycles. The number of hydrogen-bond donors (Lipinski definition) is 1. The molecule has 3 rings (SSSR count). The van der Waals surface area contributed by atoms with Crippen LogP contribution in [0.2, 0.25) is 18.1 Å². The van der Waals surface area contributed by atoms with Crippen molar-refractivity contribution in [2.45, 2.75) is 55.4 Å². The van der Waals surface area contributed by atoms with Gasteiger partial charge in [0.15, 0.2) is 14.1 Å². The van der Waals surface area contributed by atoms with Crippen LogP contribution in [0.25, 0.3) is 0 Å². The molecular formula is C17H23N3OSSi. The van der Waals surface area contributed by atoms with Crippen LogP contribution in [-0.2, 0) is 11.0 Å². The molecule has 0 saturated heterocycles. The third-order valence-corrected chi connectivity index (χ3v) is 10.1. The van der Waals surface area contributed by atoms with Crippen LogP contribution >= 0.6 is 11.8 Å². The van der Waals surface area contributed by atoms with Crippen molar-refractivity contribution in [2.75, 3.05) is 5.32 Å². The van der Waals surface area contributed by atoms with Gasteiger partial charge in [-0.25, -0.2) is 9.97 Å². The summed E-state index contributed by atoms with van der Waals surface area (Å²) >= 11 is 1.65. The summed E-state index contributed by atoms with van der Waals surface area (Å²) in [6.45, 7) is 12.0. The summed E-state index contributed by atoms with van der Waals surface area (Å²) in [4.78, 5) is 9.88. The zero-order valence-electron chi connectivity index (χ0n) is 14.3. The molecule has 0 unspecified atom stereocenters. The minimum Gasteiger partial charge on any atom is -0.413 e. The van der Waals surface area contributed by atoms with Crippen LogP contribution in [0.1, 0.15) is 26.3 Å². The van der Waals surface area contributed by atoms with Gasteiger partial charge in [-0.1, -0.05) is 38.6 Å². The Kier molecular flexibility index (Phi) is 4.24. The van der Waals surface area contributed by atoms with Crippen molar-refractivity contribution in [3.05, 3.63) is 36.2 Å².